The Kier molecular flexibility index (Phi) is 4.52. The molecule has 0 radical (unpaired) electrons. The van der Waals surface area contributed by atoms with Gasteiger partial charge in [0.2, 0.25) is 0 Å². The molecule has 2 aliphatic rings. The van der Waals surface area contributed by atoms with Crippen molar-refractivity contribution in [2.45, 2.75) is 18.9 Å². The average Bonchev–Trinajstić information content (AvgIpc) is 3.03. The molecule has 2 atom stereocenters. The largest absolute Gasteiger partial charge is 0.329 e. The molecule has 1 aliphatic carbocycles. The van der Waals surface area contributed by atoms with Crippen LogP contribution in [0.25, 0.3) is 0 Å². The van der Waals surface area contributed by atoms with Crippen LogP contribution in [0.4, 0.5) is 0 Å². The van der Waals surface area contributed by atoms with Gasteiger partial charge in [-0.1, -0.05) is 58.6 Å². The van der Waals surface area contributed by atoms with Crippen LogP contribution in [0.15, 0.2) is 47.6 Å². The first-order valence-corrected chi connectivity index (χ1v) is 10.2. The summed E-state index contributed by atoms with van der Waals surface area (Å²) in [7, 11) is 0. The summed E-state index contributed by atoms with van der Waals surface area (Å²) in [6.45, 7) is 0. The van der Waals surface area contributed by atoms with E-state index < -0.39 is 0 Å². The van der Waals surface area contributed by atoms with Gasteiger partial charge >= 0.3 is 5.17 Å². The summed E-state index contributed by atoms with van der Waals surface area (Å²) in [5.74, 6) is 0.290. The minimum atomic E-state index is 0.0468. The Morgan fingerprint density at radius 3 is 2.76 bits per heavy atom. The minimum absolute atomic E-state index is 0.0468. The van der Waals surface area contributed by atoms with Crippen LogP contribution < -0.4 is 5.73 Å². The van der Waals surface area contributed by atoms with E-state index in [-0.39, 0.29) is 12.0 Å². The fourth-order valence-electron chi connectivity index (χ4n) is 3.77. The van der Waals surface area contributed by atoms with E-state index in [1.807, 2.05) is 29.1 Å². The third-order valence-electron chi connectivity index (χ3n) is 4.95. The van der Waals surface area contributed by atoms with Crippen LogP contribution in [0.3, 0.4) is 0 Å². The summed E-state index contributed by atoms with van der Waals surface area (Å²) in [4.78, 5) is 0. The van der Waals surface area contributed by atoms with E-state index in [0.717, 1.165) is 24.1 Å². The van der Waals surface area contributed by atoms with Gasteiger partial charge in [0.05, 0.1) is 21.7 Å². The van der Waals surface area contributed by atoms with Crippen molar-refractivity contribution in [2.24, 2.45) is 16.8 Å². The van der Waals surface area contributed by atoms with E-state index in [4.69, 9.17) is 34.0 Å². The van der Waals surface area contributed by atoms with Crippen LogP contribution in [0.5, 0.6) is 0 Å². The summed E-state index contributed by atoms with van der Waals surface area (Å²) in [5, 5.41) is 6.74. The van der Waals surface area contributed by atoms with Crippen LogP contribution in [-0.2, 0) is 6.42 Å². The lowest BCUT2D eigenvalue weighted by Crippen LogP contribution is -2.29. The molecule has 0 aromatic heterocycles. The lowest BCUT2D eigenvalue weighted by molar-refractivity contribution is -0.571. The first-order valence-electron chi connectivity index (χ1n) is 8.17. The molecular formula is C19H18Cl2N3S+. The first-order chi connectivity index (χ1) is 12.1. The van der Waals surface area contributed by atoms with E-state index in [2.05, 4.69) is 24.3 Å². The van der Waals surface area contributed by atoms with Crippen molar-refractivity contribution in [3.05, 3.63) is 69.2 Å². The smallest absolute Gasteiger partial charge is 0.280 e. The number of halogens is 2. The van der Waals surface area contributed by atoms with E-state index in [1.54, 1.807) is 0 Å². The zero-order valence-corrected chi connectivity index (χ0v) is 16.1. The quantitative estimate of drug-likeness (QED) is 0.565. The highest BCUT2D eigenvalue weighted by atomic mass is 35.5. The molecule has 0 amide bonds. The number of benzene rings is 2. The molecule has 6 heteroatoms. The molecule has 0 unspecified atom stereocenters. The zero-order chi connectivity index (χ0) is 17.6. The second kappa shape index (κ2) is 6.67. The molecule has 0 bridgehead atoms. The average molecular weight is 391 g/mol. The van der Waals surface area contributed by atoms with Crippen molar-refractivity contribution in [2.75, 3.05) is 6.26 Å². The van der Waals surface area contributed by atoms with Crippen molar-refractivity contribution < 1.29 is 4.68 Å². The Bertz CT molecular complexity index is 907. The molecule has 25 heavy (non-hydrogen) atoms. The van der Waals surface area contributed by atoms with Gasteiger partial charge in [-0.05, 0) is 48.6 Å². The Morgan fingerprint density at radius 1 is 1.20 bits per heavy atom. The lowest BCUT2D eigenvalue weighted by atomic mass is 9.77. The Morgan fingerprint density at radius 2 is 2.00 bits per heavy atom. The maximum atomic E-state index is 6.29. The summed E-state index contributed by atoms with van der Waals surface area (Å²) in [6.07, 6.45) is 4.06. The predicted molar refractivity (Wildman–Crippen MR) is 107 cm³/mol. The zero-order valence-electron chi connectivity index (χ0n) is 13.7. The van der Waals surface area contributed by atoms with Gasteiger partial charge < -0.3 is 0 Å². The summed E-state index contributed by atoms with van der Waals surface area (Å²) < 4.78 is 1.95. The molecule has 2 aromatic carbocycles. The Hall–Kier alpha value is -1.49. The molecular weight excluding hydrogens is 373 g/mol. The van der Waals surface area contributed by atoms with Crippen LogP contribution in [0, 0.1) is 5.92 Å². The lowest BCUT2D eigenvalue weighted by Gasteiger charge is -2.25. The number of rotatable bonds is 1. The number of hydrogen-bond donors (Lipinski definition) is 1. The van der Waals surface area contributed by atoms with Crippen LogP contribution in [0.1, 0.15) is 29.2 Å². The predicted octanol–water partition coefficient (Wildman–Crippen LogP) is 4.71. The van der Waals surface area contributed by atoms with Crippen molar-refractivity contribution in [1.82, 2.24) is 0 Å². The molecule has 1 heterocycles. The van der Waals surface area contributed by atoms with Crippen molar-refractivity contribution in [3.63, 3.8) is 0 Å². The summed E-state index contributed by atoms with van der Waals surface area (Å²) in [6, 6.07) is 14.4. The molecule has 0 saturated heterocycles. The van der Waals surface area contributed by atoms with Gasteiger partial charge in [-0.3, -0.25) is 5.73 Å². The highest BCUT2D eigenvalue weighted by Crippen LogP contribution is 2.42. The van der Waals surface area contributed by atoms with Gasteiger partial charge in [0.15, 0.2) is 6.04 Å². The normalized spacial score (nSPS) is 23.7. The highest BCUT2D eigenvalue weighted by molar-refractivity contribution is 8.12. The van der Waals surface area contributed by atoms with Gasteiger partial charge in [-0.2, -0.15) is 0 Å². The number of aryl methyl sites for hydroxylation is 1. The Balaban J connectivity index is 1.87. The second-order valence-corrected chi connectivity index (χ2v) is 7.93. The van der Waals surface area contributed by atoms with Gasteiger partial charge in [-0.15, -0.1) is 4.68 Å². The van der Waals surface area contributed by atoms with Crippen LogP contribution in [-0.4, -0.2) is 21.8 Å². The molecule has 0 spiro atoms. The standard InChI is InChI=1S/C19H17Cl2N3S/c1-25-19(22)24-18(12-7-9-15(20)16(21)10-12)14-8-6-11-4-2-3-5-13(11)17(14)23-24/h2-5,7,9-10,14,18,22H,6,8H2,1H3/p+1/t14-,18-/m1/s1. The molecule has 2 N–H and O–H groups in total. The third kappa shape index (κ3) is 2.86. The third-order valence-corrected chi connectivity index (χ3v) is 6.29. The number of nitrogens with two attached hydrogens (primary N) is 1. The van der Waals surface area contributed by atoms with E-state index in [9.17, 15) is 0 Å². The minimum Gasteiger partial charge on any atom is -0.280 e. The number of amidine groups is 1. The molecule has 0 fully saturated rings. The maximum absolute atomic E-state index is 6.29. The summed E-state index contributed by atoms with van der Waals surface area (Å²) in [5.41, 5.74) is 11.1. The molecule has 1 aliphatic heterocycles. The highest BCUT2D eigenvalue weighted by Gasteiger charge is 2.44. The number of hydrogen-bond acceptors (Lipinski definition) is 2. The summed E-state index contributed by atoms with van der Waals surface area (Å²) >= 11 is 13.9. The van der Waals surface area contributed by atoms with Crippen molar-refractivity contribution in [1.29, 1.82) is 0 Å². The maximum Gasteiger partial charge on any atom is 0.329 e. The first kappa shape index (κ1) is 17.0. The van der Waals surface area contributed by atoms with Gasteiger partial charge in [0.25, 0.3) is 0 Å². The van der Waals surface area contributed by atoms with E-state index >= 15 is 0 Å². The number of fused-ring (bicyclic) bond motifs is 3. The number of thioether (sulfide) groups is 1. The van der Waals surface area contributed by atoms with Crippen molar-refractivity contribution >= 4 is 45.8 Å². The topological polar surface area (TPSA) is 41.4 Å². The van der Waals surface area contributed by atoms with E-state index in [1.165, 1.54) is 22.9 Å². The van der Waals surface area contributed by atoms with Crippen LogP contribution in [0.2, 0.25) is 10.0 Å². The van der Waals surface area contributed by atoms with Crippen molar-refractivity contribution in [3.8, 4) is 0 Å². The molecule has 3 nitrogen and oxygen atoms in total. The Labute approximate surface area is 161 Å². The van der Waals surface area contributed by atoms with Gasteiger partial charge in [0, 0.05) is 11.1 Å². The van der Waals surface area contributed by atoms with Gasteiger partial charge in [0.1, 0.15) is 0 Å². The monoisotopic (exact) mass is 390 g/mol. The molecule has 4 rings (SSSR count). The van der Waals surface area contributed by atoms with Gasteiger partial charge in [-0.25, -0.2) is 0 Å². The fraction of sp³-hybridized carbons (Fsp3) is 0.263. The molecule has 2 aromatic rings. The SMILES string of the molecule is CS/C(N)=[N+]1/N=C2c3ccccc3CC[C@H]2[C@H]1c1ccc(Cl)c(Cl)c1. The number of nitrogens with zero attached hydrogens (tertiary/aromatic N) is 2. The fourth-order valence-corrected chi connectivity index (χ4v) is 4.42. The molecule has 0 saturated carbocycles. The molecule has 128 valence electrons. The second-order valence-electron chi connectivity index (χ2n) is 6.29. The van der Waals surface area contributed by atoms with Crippen LogP contribution >= 0.6 is 35.0 Å². The number of hydrazone groups is 1. The van der Waals surface area contributed by atoms with E-state index in [0.29, 0.717) is 15.2 Å².